The Kier molecular flexibility index (Phi) is 3.59. The van der Waals surface area contributed by atoms with Crippen molar-refractivity contribution in [1.82, 2.24) is 14.5 Å². The summed E-state index contributed by atoms with van der Waals surface area (Å²) >= 11 is 0. The molecule has 6 N–H and O–H groups in total. The highest BCUT2D eigenvalue weighted by molar-refractivity contribution is 5.88. The molecule has 4 atom stereocenters. The fourth-order valence-corrected chi connectivity index (χ4v) is 2.78. The molecule has 0 bridgehead atoms. The first-order valence-corrected chi connectivity index (χ1v) is 6.66. The number of ether oxygens (including phenoxy) is 1. The molecule has 0 radical (unpaired) electrons. The molecule has 1 saturated heterocycles. The zero-order valence-corrected chi connectivity index (χ0v) is 12.0. The third-order valence-electron chi connectivity index (χ3n) is 4.00. The molecule has 0 saturated carbocycles. The summed E-state index contributed by atoms with van der Waals surface area (Å²) in [5, 5.41) is 19.2. The quantitative estimate of drug-likeness (QED) is 0.597. The minimum Gasteiger partial charge on any atom is -0.394 e. The maximum Gasteiger partial charge on any atom is 0.223 e. The van der Waals surface area contributed by atoms with E-state index in [0.717, 1.165) is 10.8 Å². The van der Waals surface area contributed by atoms with Gasteiger partial charge < -0.3 is 26.4 Å². The van der Waals surface area contributed by atoms with E-state index in [-0.39, 0.29) is 22.8 Å². The largest absolute Gasteiger partial charge is 0.394 e. The second kappa shape index (κ2) is 5.23. The Morgan fingerprint density at radius 2 is 2.17 bits per heavy atom. The van der Waals surface area contributed by atoms with Crippen LogP contribution in [-0.4, -0.2) is 49.2 Å². The number of aromatic nitrogens is 3. The molecular weight excluding hydrogens is 316 g/mol. The molecule has 1 aliphatic heterocycles. The molecule has 2 aromatic rings. The van der Waals surface area contributed by atoms with Crippen molar-refractivity contribution < 1.29 is 28.8 Å². The molecule has 2 aromatic heterocycles. The molecule has 126 valence electrons. The molecule has 23 heavy (non-hydrogen) atoms. The van der Waals surface area contributed by atoms with Crippen LogP contribution in [0, 0.1) is 5.82 Å². The average molecular weight is 331 g/mol. The molecule has 0 unspecified atom stereocenters. The molecule has 3 rings (SSSR count). The van der Waals surface area contributed by atoms with Gasteiger partial charge in [-0.05, 0) is 11.4 Å². The van der Waals surface area contributed by atoms with Gasteiger partial charge in [0.15, 0.2) is 23.3 Å². The van der Waals surface area contributed by atoms with E-state index in [4.69, 9.17) is 16.2 Å². The van der Waals surface area contributed by atoms with Gasteiger partial charge in [0.1, 0.15) is 18.0 Å². The van der Waals surface area contributed by atoms with Gasteiger partial charge in [-0.15, -0.1) is 0 Å². The van der Waals surface area contributed by atoms with Gasteiger partial charge in [-0.3, -0.25) is 4.57 Å². The Bertz CT molecular complexity index is 757. The topological polar surface area (TPSA) is 142 Å². The first-order chi connectivity index (χ1) is 10.8. The van der Waals surface area contributed by atoms with E-state index in [0.29, 0.717) is 0 Å². The number of hydrogen-bond acceptors (Lipinski definition) is 8. The number of nitrogens with zero attached hydrogens (tertiary/aromatic N) is 3. The van der Waals surface area contributed by atoms with Gasteiger partial charge in [-0.1, -0.05) is 0 Å². The van der Waals surface area contributed by atoms with Gasteiger partial charge in [0.2, 0.25) is 5.95 Å². The van der Waals surface area contributed by atoms with Gasteiger partial charge in [0.25, 0.3) is 0 Å². The normalized spacial score (nSPS) is 31.1. The van der Waals surface area contributed by atoms with E-state index in [1.165, 1.54) is 6.92 Å². The first kappa shape index (κ1) is 15.8. The number of anilines is 2. The van der Waals surface area contributed by atoms with Crippen LogP contribution in [0.15, 0.2) is 6.20 Å². The van der Waals surface area contributed by atoms with E-state index in [1.807, 2.05) is 0 Å². The molecule has 3 heterocycles. The number of hydrogen-bond donors (Lipinski definition) is 4. The van der Waals surface area contributed by atoms with E-state index in [9.17, 15) is 19.1 Å². The van der Waals surface area contributed by atoms with Crippen molar-refractivity contribution in [2.45, 2.75) is 31.0 Å². The van der Waals surface area contributed by atoms with Crippen LogP contribution in [0.3, 0.4) is 0 Å². The van der Waals surface area contributed by atoms with E-state index in [2.05, 4.69) is 14.9 Å². The number of halogens is 2. The standard InChI is InChI=1S/C12H15F2N5O4/c1-12(23-14)7(21)5(3-20)22-10(12)19-2-4(13)6-8(15)17-11(16)18-9(6)19/h2,5,7,10,20-21H,3H2,1H3,(H4,15,16,17,18)/t5-,7-,10-,12-/m1/s1. The number of aliphatic hydroxyl groups excluding tert-OH is 2. The van der Waals surface area contributed by atoms with Crippen molar-refractivity contribution in [2.75, 3.05) is 18.1 Å². The highest BCUT2D eigenvalue weighted by Crippen LogP contribution is 2.43. The Morgan fingerprint density at radius 3 is 2.78 bits per heavy atom. The number of rotatable bonds is 3. The van der Waals surface area contributed by atoms with E-state index in [1.54, 1.807) is 0 Å². The van der Waals surface area contributed by atoms with Gasteiger partial charge >= 0.3 is 0 Å². The van der Waals surface area contributed by atoms with Crippen molar-refractivity contribution in [3.63, 3.8) is 0 Å². The van der Waals surface area contributed by atoms with Crippen molar-refractivity contribution >= 4 is 22.8 Å². The summed E-state index contributed by atoms with van der Waals surface area (Å²) in [5.74, 6) is -1.18. The Labute approximate surface area is 128 Å². The molecule has 0 aliphatic carbocycles. The Hall–Kier alpha value is -2.08. The van der Waals surface area contributed by atoms with Crippen LogP contribution in [0.1, 0.15) is 13.2 Å². The molecule has 9 nitrogen and oxygen atoms in total. The average Bonchev–Trinajstić information content (AvgIpc) is 2.95. The van der Waals surface area contributed by atoms with Crippen molar-refractivity contribution in [2.24, 2.45) is 0 Å². The van der Waals surface area contributed by atoms with Gasteiger partial charge in [-0.2, -0.15) is 14.9 Å². The number of nitrogen functional groups attached to an aromatic ring is 2. The first-order valence-electron chi connectivity index (χ1n) is 6.66. The molecular formula is C12H15F2N5O4. The molecule has 1 aliphatic rings. The SMILES string of the molecule is C[C@@]1(OF)[C@H](O)[C@@H](CO)O[C@H]1n1cc(F)c2c(N)nc(N)nc21. The van der Waals surface area contributed by atoms with Crippen molar-refractivity contribution in [3.05, 3.63) is 12.0 Å². The Morgan fingerprint density at radius 1 is 1.48 bits per heavy atom. The summed E-state index contributed by atoms with van der Waals surface area (Å²) < 4.78 is 33.8. The fraction of sp³-hybridized carbons (Fsp3) is 0.500. The van der Waals surface area contributed by atoms with E-state index >= 15 is 0 Å². The predicted molar refractivity (Wildman–Crippen MR) is 73.9 cm³/mol. The summed E-state index contributed by atoms with van der Waals surface area (Å²) in [6.07, 6.45) is -2.98. The summed E-state index contributed by atoms with van der Waals surface area (Å²) in [6, 6.07) is 0. The van der Waals surface area contributed by atoms with Crippen LogP contribution in [0.2, 0.25) is 0 Å². The van der Waals surface area contributed by atoms with Gasteiger partial charge in [0.05, 0.1) is 12.0 Å². The van der Waals surface area contributed by atoms with Crippen LogP contribution in [0.4, 0.5) is 20.7 Å². The highest BCUT2D eigenvalue weighted by Gasteiger charge is 2.57. The summed E-state index contributed by atoms with van der Waals surface area (Å²) in [6.45, 7) is 0.632. The summed E-state index contributed by atoms with van der Waals surface area (Å²) in [4.78, 5) is 11.4. The fourth-order valence-electron chi connectivity index (χ4n) is 2.78. The molecule has 11 heteroatoms. The van der Waals surface area contributed by atoms with Crippen LogP contribution < -0.4 is 11.5 Å². The van der Waals surface area contributed by atoms with Crippen LogP contribution in [0.25, 0.3) is 11.0 Å². The van der Waals surface area contributed by atoms with Crippen molar-refractivity contribution in [3.8, 4) is 0 Å². The predicted octanol–water partition coefficient (Wildman–Crippen LogP) is -0.355. The minimum atomic E-state index is -1.90. The lowest BCUT2D eigenvalue weighted by Gasteiger charge is -2.28. The number of nitrogens with two attached hydrogens (primary N) is 2. The lowest BCUT2D eigenvalue weighted by Crippen LogP contribution is -2.45. The lowest BCUT2D eigenvalue weighted by molar-refractivity contribution is -0.275. The van der Waals surface area contributed by atoms with Crippen LogP contribution in [-0.2, 0) is 9.68 Å². The Balaban J connectivity index is 2.20. The molecule has 0 aromatic carbocycles. The summed E-state index contributed by atoms with van der Waals surface area (Å²) in [5.41, 5.74) is 9.19. The second-order valence-corrected chi connectivity index (χ2v) is 5.47. The smallest absolute Gasteiger partial charge is 0.223 e. The lowest BCUT2D eigenvalue weighted by atomic mass is 9.96. The maximum atomic E-state index is 14.2. The van der Waals surface area contributed by atoms with Crippen LogP contribution >= 0.6 is 0 Å². The molecule has 0 spiro atoms. The monoisotopic (exact) mass is 331 g/mol. The highest BCUT2D eigenvalue weighted by atomic mass is 19.3. The zero-order chi connectivity index (χ0) is 16.9. The van der Waals surface area contributed by atoms with Crippen molar-refractivity contribution in [1.29, 1.82) is 0 Å². The zero-order valence-electron chi connectivity index (χ0n) is 12.0. The van der Waals surface area contributed by atoms with Crippen LogP contribution in [0.5, 0.6) is 0 Å². The third kappa shape index (κ3) is 2.12. The second-order valence-electron chi connectivity index (χ2n) is 5.47. The summed E-state index contributed by atoms with van der Waals surface area (Å²) in [7, 11) is 0. The number of aliphatic hydroxyl groups is 2. The minimum absolute atomic E-state index is 0.0495. The molecule has 1 fully saturated rings. The maximum absolute atomic E-state index is 14.2. The van der Waals surface area contributed by atoms with Gasteiger partial charge in [0, 0.05) is 6.20 Å². The third-order valence-corrected chi connectivity index (χ3v) is 4.00. The molecule has 0 amide bonds. The van der Waals surface area contributed by atoms with Gasteiger partial charge in [-0.25, -0.2) is 4.39 Å². The number of fused-ring (bicyclic) bond motifs is 1. The van der Waals surface area contributed by atoms with E-state index < -0.39 is 36.5 Å².